The van der Waals surface area contributed by atoms with Crippen LogP contribution in [0.3, 0.4) is 0 Å². The maximum Gasteiger partial charge on any atom is 0.187 e. The van der Waals surface area contributed by atoms with Crippen LogP contribution >= 0.6 is 0 Å². The van der Waals surface area contributed by atoms with E-state index in [-0.39, 0.29) is 0 Å². The largest absolute Gasteiger partial charge is 0.394 e. The first-order valence-corrected chi connectivity index (χ1v) is 7.32. The van der Waals surface area contributed by atoms with Gasteiger partial charge in [-0.2, -0.15) is 0 Å². The minimum atomic E-state index is -1.68. The van der Waals surface area contributed by atoms with E-state index in [4.69, 9.17) is 24.8 Å². The summed E-state index contributed by atoms with van der Waals surface area (Å²) < 4.78 is 10.5. The summed E-state index contributed by atoms with van der Waals surface area (Å²) in [5, 5.41) is 76.0. The van der Waals surface area contributed by atoms with E-state index in [0.29, 0.717) is 0 Å². The van der Waals surface area contributed by atoms with Crippen molar-refractivity contribution < 1.29 is 50.3 Å². The van der Waals surface area contributed by atoms with Crippen LogP contribution in [0.5, 0.6) is 0 Å². The molecule has 1 heterocycles. The Morgan fingerprint density at radius 1 is 0.913 bits per heavy atom. The van der Waals surface area contributed by atoms with Gasteiger partial charge in [0, 0.05) is 5.92 Å². The summed E-state index contributed by atoms with van der Waals surface area (Å²) in [6.45, 7) is -0.542. The van der Waals surface area contributed by atoms with Crippen molar-refractivity contribution in [1.29, 1.82) is 0 Å². The molecule has 0 saturated carbocycles. The monoisotopic (exact) mass is 342 g/mol. The second kappa shape index (κ2) is 9.18. The van der Waals surface area contributed by atoms with Crippen molar-refractivity contribution in [2.45, 2.75) is 55.9 Å². The second-order valence-electron chi connectivity index (χ2n) is 5.66. The van der Waals surface area contributed by atoms with Crippen molar-refractivity contribution in [2.75, 3.05) is 19.8 Å². The fraction of sp³-hybridized carbons (Fsp3) is 1.00. The first-order chi connectivity index (χ1) is 10.8. The molecular formula is C13H26O10. The molecule has 1 saturated heterocycles. The third kappa shape index (κ3) is 4.79. The second-order valence-corrected chi connectivity index (χ2v) is 5.66. The molecule has 1 rings (SSSR count). The van der Waals surface area contributed by atoms with Gasteiger partial charge in [0.05, 0.1) is 32.0 Å². The number of ether oxygens (including phenoxy) is 2. The van der Waals surface area contributed by atoms with Crippen LogP contribution in [0, 0.1) is 5.92 Å². The van der Waals surface area contributed by atoms with Gasteiger partial charge in [-0.15, -0.1) is 0 Å². The average Bonchev–Trinajstić information content (AvgIpc) is 2.57. The van der Waals surface area contributed by atoms with Crippen LogP contribution in [0.25, 0.3) is 0 Å². The van der Waals surface area contributed by atoms with Crippen LogP contribution in [-0.2, 0) is 9.47 Å². The Balaban J connectivity index is 2.89. The van der Waals surface area contributed by atoms with Crippen molar-refractivity contribution in [3.8, 4) is 0 Å². The predicted molar refractivity (Wildman–Crippen MR) is 74.0 cm³/mol. The molecule has 0 bridgehead atoms. The summed E-state index contributed by atoms with van der Waals surface area (Å²) in [5.74, 6) is -0.852. The number of aliphatic hydroxyl groups is 8. The highest BCUT2D eigenvalue weighted by atomic mass is 16.7. The molecular weight excluding hydrogens is 316 g/mol. The van der Waals surface area contributed by atoms with E-state index in [1.807, 2.05) is 0 Å². The average molecular weight is 342 g/mol. The Kier molecular flexibility index (Phi) is 8.24. The number of aliphatic hydroxyl groups excluding tert-OH is 8. The molecule has 0 spiro atoms. The van der Waals surface area contributed by atoms with E-state index < -0.39 is 74.8 Å². The quantitative estimate of drug-likeness (QED) is 0.214. The van der Waals surface area contributed by atoms with Crippen molar-refractivity contribution in [1.82, 2.24) is 0 Å². The number of hydrogen-bond donors (Lipinski definition) is 8. The Hall–Kier alpha value is -0.400. The molecule has 10 heteroatoms. The molecule has 0 aromatic carbocycles. The van der Waals surface area contributed by atoms with E-state index in [2.05, 4.69) is 0 Å². The van der Waals surface area contributed by atoms with E-state index in [1.54, 1.807) is 0 Å². The molecule has 0 aliphatic carbocycles. The van der Waals surface area contributed by atoms with Crippen molar-refractivity contribution in [3.63, 3.8) is 0 Å². The van der Waals surface area contributed by atoms with Crippen LogP contribution in [-0.4, -0.2) is 110 Å². The molecule has 1 aliphatic heterocycles. The van der Waals surface area contributed by atoms with Crippen LogP contribution in [0.4, 0.5) is 0 Å². The van der Waals surface area contributed by atoms with Crippen molar-refractivity contribution in [3.05, 3.63) is 0 Å². The van der Waals surface area contributed by atoms with Crippen LogP contribution in [0.15, 0.2) is 0 Å². The lowest BCUT2D eigenvalue weighted by Crippen LogP contribution is -2.61. The Labute approximate surface area is 133 Å². The number of hydrogen-bond acceptors (Lipinski definition) is 10. The van der Waals surface area contributed by atoms with E-state index in [1.165, 1.54) is 6.92 Å². The summed E-state index contributed by atoms with van der Waals surface area (Å²) in [7, 11) is 0. The standard InChI is InChI=1S/C13H26O10/c1-5(6(17)2-14)12(7(18)3-15)23-13-11(21)10(20)9(19)8(4-16)22-13/h5-21H,2-4H2,1H3/t5?,6?,7?,8-,9-,10+,11-,12?,13-/m1/s1. The zero-order valence-corrected chi connectivity index (χ0v) is 12.7. The molecule has 0 amide bonds. The smallest absolute Gasteiger partial charge is 0.187 e. The van der Waals surface area contributed by atoms with Gasteiger partial charge in [0.2, 0.25) is 0 Å². The Morgan fingerprint density at radius 2 is 1.48 bits per heavy atom. The third-order valence-electron chi connectivity index (χ3n) is 4.02. The molecule has 23 heavy (non-hydrogen) atoms. The summed E-state index contributed by atoms with van der Waals surface area (Å²) in [6, 6.07) is 0. The molecule has 8 N–H and O–H groups in total. The minimum absolute atomic E-state index is 0.617. The molecule has 10 nitrogen and oxygen atoms in total. The van der Waals surface area contributed by atoms with Gasteiger partial charge in [0.15, 0.2) is 6.29 Å². The molecule has 138 valence electrons. The number of rotatable bonds is 8. The minimum Gasteiger partial charge on any atom is -0.394 e. The van der Waals surface area contributed by atoms with Crippen molar-refractivity contribution in [2.24, 2.45) is 5.92 Å². The lowest BCUT2D eigenvalue weighted by Gasteiger charge is -2.42. The van der Waals surface area contributed by atoms with Gasteiger partial charge < -0.3 is 50.3 Å². The van der Waals surface area contributed by atoms with Crippen LogP contribution in [0.2, 0.25) is 0 Å². The molecule has 4 unspecified atom stereocenters. The Morgan fingerprint density at radius 3 is 1.96 bits per heavy atom. The van der Waals surface area contributed by atoms with E-state index in [9.17, 15) is 25.5 Å². The maximum absolute atomic E-state index is 9.90. The highest BCUT2D eigenvalue weighted by molar-refractivity contribution is 4.90. The summed E-state index contributed by atoms with van der Waals surface area (Å²) in [4.78, 5) is 0. The SMILES string of the molecule is CC(C(O)CO)C(O[C@H]1O[C@H](CO)[C@@H](O)[C@H](O)[C@H]1O)C(O)CO. The fourth-order valence-electron chi connectivity index (χ4n) is 2.39. The van der Waals surface area contributed by atoms with E-state index in [0.717, 1.165) is 0 Å². The normalized spacial score (nSPS) is 37.2. The topological polar surface area (TPSA) is 180 Å². The third-order valence-corrected chi connectivity index (χ3v) is 4.02. The lowest BCUT2D eigenvalue weighted by atomic mass is 9.93. The first-order valence-electron chi connectivity index (χ1n) is 7.32. The summed E-state index contributed by atoms with van der Waals surface area (Å²) in [6.07, 6.45) is -11.6. The molecule has 0 aromatic heterocycles. The van der Waals surface area contributed by atoms with Gasteiger partial charge in [-0.05, 0) is 0 Å². The summed E-state index contributed by atoms with van der Waals surface area (Å²) >= 11 is 0. The fourth-order valence-corrected chi connectivity index (χ4v) is 2.39. The molecule has 1 aliphatic rings. The van der Waals surface area contributed by atoms with Gasteiger partial charge in [0.1, 0.15) is 30.5 Å². The molecule has 0 radical (unpaired) electrons. The predicted octanol–water partition coefficient (Wildman–Crippen LogP) is -4.49. The summed E-state index contributed by atoms with van der Waals surface area (Å²) in [5.41, 5.74) is 0. The van der Waals surface area contributed by atoms with E-state index >= 15 is 0 Å². The van der Waals surface area contributed by atoms with Gasteiger partial charge in [0.25, 0.3) is 0 Å². The zero-order valence-electron chi connectivity index (χ0n) is 12.7. The molecule has 1 fully saturated rings. The lowest BCUT2D eigenvalue weighted by molar-refractivity contribution is -0.323. The first kappa shape index (κ1) is 20.6. The highest BCUT2D eigenvalue weighted by Crippen LogP contribution is 2.26. The van der Waals surface area contributed by atoms with Gasteiger partial charge in [-0.1, -0.05) is 6.92 Å². The van der Waals surface area contributed by atoms with Crippen LogP contribution in [0.1, 0.15) is 6.92 Å². The van der Waals surface area contributed by atoms with Crippen molar-refractivity contribution >= 4 is 0 Å². The molecule has 9 atom stereocenters. The highest BCUT2D eigenvalue weighted by Gasteiger charge is 2.46. The van der Waals surface area contributed by atoms with Gasteiger partial charge in [-0.3, -0.25) is 0 Å². The van der Waals surface area contributed by atoms with Crippen LogP contribution < -0.4 is 0 Å². The van der Waals surface area contributed by atoms with Gasteiger partial charge >= 0.3 is 0 Å². The Bertz CT molecular complexity index is 341. The van der Waals surface area contributed by atoms with Gasteiger partial charge in [-0.25, -0.2) is 0 Å². The zero-order chi connectivity index (χ0) is 17.7. The maximum atomic E-state index is 9.90. The molecule has 0 aromatic rings.